The molecule has 0 aliphatic heterocycles. The van der Waals surface area contributed by atoms with Gasteiger partial charge in [-0.25, -0.2) is 4.98 Å². The number of nitrogens with two attached hydrogens (primary N) is 1. The van der Waals surface area contributed by atoms with E-state index in [9.17, 15) is 4.79 Å². The van der Waals surface area contributed by atoms with Gasteiger partial charge in [0.15, 0.2) is 0 Å². The third-order valence-electron chi connectivity index (χ3n) is 3.47. The molecule has 3 rings (SSSR count). The normalized spacial score (nSPS) is 14.8. The Morgan fingerprint density at radius 3 is 3.00 bits per heavy atom. The Labute approximate surface area is 139 Å². The summed E-state index contributed by atoms with van der Waals surface area (Å²) in [6, 6.07) is 3.56. The van der Waals surface area contributed by atoms with Crippen molar-refractivity contribution in [2.24, 2.45) is 23.7 Å². The van der Waals surface area contributed by atoms with E-state index >= 15 is 0 Å². The minimum atomic E-state index is -0.00758. The van der Waals surface area contributed by atoms with Crippen LogP contribution < -0.4 is 16.4 Å². The van der Waals surface area contributed by atoms with Crippen LogP contribution in [0.4, 0.5) is 17.2 Å². The Morgan fingerprint density at radius 1 is 1.50 bits per heavy atom. The average molecular weight is 325 g/mol. The second-order valence-corrected chi connectivity index (χ2v) is 5.57. The molecule has 0 aromatic carbocycles. The summed E-state index contributed by atoms with van der Waals surface area (Å²) in [5.74, 6) is 0.759. The van der Waals surface area contributed by atoms with Crippen molar-refractivity contribution >= 4 is 29.3 Å². The number of nitrogens with one attached hydrogen (secondary N) is 2. The van der Waals surface area contributed by atoms with Crippen molar-refractivity contribution in [3.05, 3.63) is 42.6 Å². The Morgan fingerprint density at radius 2 is 2.33 bits per heavy atom. The van der Waals surface area contributed by atoms with Crippen LogP contribution in [0.15, 0.2) is 47.6 Å². The summed E-state index contributed by atoms with van der Waals surface area (Å²) < 4.78 is 1.70. The number of carbonyl (C=O) groups excluding carboxylic acids is 1. The van der Waals surface area contributed by atoms with Gasteiger partial charge in [0.2, 0.25) is 5.91 Å². The van der Waals surface area contributed by atoms with Crippen LogP contribution in [0.3, 0.4) is 0 Å². The molecular weight excluding hydrogens is 306 g/mol. The number of hydrogen-bond donors (Lipinski definition) is 3. The molecule has 0 unspecified atom stereocenters. The van der Waals surface area contributed by atoms with Gasteiger partial charge >= 0.3 is 0 Å². The van der Waals surface area contributed by atoms with Crippen molar-refractivity contribution in [1.29, 1.82) is 0 Å². The van der Waals surface area contributed by atoms with Crippen molar-refractivity contribution in [3.8, 4) is 0 Å². The first-order valence-electron chi connectivity index (χ1n) is 7.62. The van der Waals surface area contributed by atoms with Crippen LogP contribution in [-0.4, -0.2) is 26.9 Å². The van der Waals surface area contributed by atoms with E-state index in [2.05, 4.69) is 25.7 Å². The van der Waals surface area contributed by atoms with Gasteiger partial charge < -0.3 is 16.4 Å². The van der Waals surface area contributed by atoms with Gasteiger partial charge in [-0.2, -0.15) is 5.10 Å². The number of hydrogen-bond acceptors (Lipinski definition) is 6. The minimum absolute atomic E-state index is 0.00758. The summed E-state index contributed by atoms with van der Waals surface area (Å²) in [6.07, 6.45) is 9.95. The van der Waals surface area contributed by atoms with Gasteiger partial charge in [-0.3, -0.25) is 14.5 Å². The first-order valence-corrected chi connectivity index (χ1v) is 7.62. The number of aryl methyl sites for hydroxylation is 1. The zero-order chi connectivity index (χ0) is 16.9. The SMILES string of the molecule is Cn1cc(Nc2cc(N=CC(=CN)NC(=O)C3CC3)ccn2)cn1. The predicted octanol–water partition coefficient (Wildman–Crippen LogP) is 1.59. The fourth-order valence-electron chi connectivity index (χ4n) is 2.05. The largest absolute Gasteiger partial charge is 0.403 e. The maximum absolute atomic E-state index is 11.7. The molecule has 1 fully saturated rings. The van der Waals surface area contributed by atoms with Gasteiger partial charge in [0.05, 0.1) is 29.5 Å². The molecule has 24 heavy (non-hydrogen) atoms. The lowest BCUT2D eigenvalue weighted by atomic mass is 10.3. The zero-order valence-corrected chi connectivity index (χ0v) is 13.3. The molecule has 124 valence electrons. The summed E-state index contributed by atoms with van der Waals surface area (Å²) in [6.45, 7) is 0. The number of pyridine rings is 1. The third-order valence-corrected chi connectivity index (χ3v) is 3.47. The smallest absolute Gasteiger partial charge is 0.227 e. The van der Waals surface area contributed by atoms with Crippen molar-refractivity contribution in [1.82, 2.24) is 20.1 Å². The van der Waals surface area contributed by atoms with Crippen LogP contribution in [0.25, 0.3) is 0 Å². The van der Waals surface area contributed by atoms with Gasteiger partial charge in [-0.05, 0) is 18.9 Å². The van der Waals surface area contributed by atoms with Crippen LogP contribution in [0.1, 0.15) is 12.8 Å². The fourth-order valence-corrected chi connectivity index (χ4v) is 2.05. The Bertz CT molecular complexity index is 789. The van der Waals surface area contributed by atoms with E-state index in [4.69, 9.17) is 5.73 Å². The highest BCUT2D eigenvalue weighted by Crippen LogP contribution is 2.29. The Hall–Kier alpha value is -3.16. The second kappa shape index (κ2) is 6.95. The summed E-state index contributed by atoms with van der Waals surface area (Å²) >= 11 is 0. The van der Waals surface area contributed by atoms with Crippen molar-refractivity contribution in [3.63, 3.8) is 0 Å². The molecule has 1 aliphatic carbocycles. The van der Waals surface area contributed by atoms with Gasteiger partial charge in [0.1, 0.15) is 5.82 Å². The molecule has 0 radical (unpaired) electrons. The van der Waals surface area contributed by atoms with E-state index in [1.165, 1.54) is 12.4 Å². The first-order chi connectivity index (χ1) is 11.6. The molecule has 8 heteroatoms. The molecule has 2 aromatic heterocycles. The minimum Gasteiger partial charge on any atom is -0.403 e. The number of aliphatic imine (C=N–C) groups is 1. The van der Waals surface area contributed by atoms with E-state index < -0.39 is 0 Å². The molecule has 0 atom stereocenters. The van der Waals surface area contributed by atoms with E-state index in [1.54, 1.807) is 29.2 Å². The molecule has 0 saturated heterocycles. The molecule has 0 bridgehead atoms. The average Bonchev–Trinajstić information content (AvgIpc) is 3.35. The molecule has 4 N–H and O–H groups in total. The number of aromatic nitrogens is 3. The summed E-state index contributed by atoms with van der Waals surface area (Å²) in [5, 5.41) is 9.99. The van der Waals surface area contributed by atoms with Gasteiger partial charge in [0, 0.05) is 37.6 Å². The zero-order valence-electron chi connectivity index (χ0n) is 13.3. The van der Waals surface area contributed by atoms with Crippen LogP contribution in [0.5, 0.6) is 0 Å². The fraction of sp³-hybridized carbons (Fsp3) is 0.250. The molecule has 2 heterocycles. The van der Waals surface area contributed by atoms with E-state index in [0.717, 1.165) is 18.5 Å². The lowest BCUT2D eigenvalue weighted by Gasteiger charge is -2.04. The molecule has 1 saturated carbocycles. The summed E-state index contributed by atoms with van der Waals surface area (Å²) in [5.41, 5.74) is 7.54. The van der Waals surface area contributed by atoms with Crippen molar-refractivity contribution < 1.29 is 4.79 Å². The molecule has 0 spiro atoms. The first kappa shape index (κ1) is 15.7. The molecule has 1 aliphatic rings. The number of nitrogens with zero attached hydrogens (tertiary/aromatic N) is 4. The maximum Gasteiger partial charge on any atom is 0.227 e. The van der Waals surface area contributed by atoms with Gasteiger partial charge in [0.25, 0.3) is 0 Å². The standard InChI is InChI=1S/C16H19N7O/c1-23-10-14(9-20-23)21-15-6-12(4-5-18-15)19-8-13(7-17)22-16(24)11-2-3-11/h4-11H,2-3,17H2,1H3,(H,18,21)(H,22,24). The number of rotatable bonds is 6. The summed E-state index contributed by atoms with van der Waals surface area (Å²) in [4.78, 5) is 20.3. The lowest BCUT2D eigenvalue weighted by Crippen LogP contribution is -2.25. The highest BCUT2D eigenvalue weighted by Gasteiger charge is 2.29. The molecule has 2 aromatic rings. The Kier molecular flexibility index (Phi) is 4.55. The van der Waals surface area contributed by atoms with Crippen LogP contribution in [-0.2, 0) is 11.8 Å². The van der Waals surface area contributed by atoms with Gasteiger partial charge in [-0.1, -0.05) is 0 Å². The van der Waals surface area contributed by atoms with E-state index in [0.29, 0.717) is 17.2 Å². The van der Waals surface area contributed by atoms with Crippen molar-refractivity contribution in [2.45, 2.75) is 12.8 Å². The van der Waals surface area contributed by atoms with E-state index in [1.807, 2.05) is 13.2 Å². The number of anilines is 2. The maximum atomic E-state index is 11.7. The third kappa shape index (κ3) is 4.19. The van der Waals surface area contributed by atoms with Crippen LogP contribution >= 0.6 is 0 Å². The van der Waals surface area contributed by atoms with Crippen LogP contribution in [0, 0.1) is 5.92 Å². The van der Waals surface area contributed by atoms with Gasteiger partial charge in [-0.15, -0.1) is 0 Å². The monoisotopic (exact) mass is 325 g/mol. The highest BCUT2D eigenvalue weighted by molar-refractivity contribution is 5.90. The van der Waals surface area contributed by atoms with Crippen LogP contribution in [0.2, 0.25) is 0 Å². The molecule has 1 amide bonds. The number of carbonyl (C=O) groups is 1. The summed E-state index contributed by atoms with van der Waals surface area (Å²) in [7, 11) is 1.84. The second-order valence-electron chi connectivity index (χ2n) is 5.57. The molecular formula is C16H19N7O. The number of allylic oxidation sites excluding steroid dienone is 1. The lowest BCUT2D eigenvalue weighted by molar-refractivity contribution is -0.121. The van der Waals surface area contributed by atoms with Crippen molar-refractivity contribution in [2.75, 3.05) is 5.32 Å². The number of amides is 1. The Balaban J connectivity index is 1.65. The topological polar surface area (TPSA) is 110 Å². The quantitative estimate of drug-likeness (QED) is 0.699. The highest BCUT2D eigenvalue weighted by atomic mass is 16.2. The van der Waals surface area contributed by atoms with E-state index in [-0.39, 0.29) is 11.8 Å². The predicted molar refractivity (Wildman–Crippen MR) is 92.0 cm³/mol. The molecule has 8 nitrogen and oxygen atoms in total.